The van der Waals surface area contributed by atoms with Crippen LogP contribution in [0.25, 0.3) is 0 Å². The van der Waals surface area contributed by atoms with Crippen molar-refractivity contribution in [2.45, 2.75) is 18.4 Å². The van der Waals surface area contributed by atoms with E-state index < -0.39 is 10.0 Å². The van der Waals surface area contributed by atoms with Gasteiger partial charge in [0.15, 0.2) is 0 Å². The summed E-state index contributed by atoms with van der Waals surface area (Å²) in [6.07, 6.45) is 1.92. The Hall–Kier alpha value is -0.810. The molecule has 5 heteroatoms. The zero-order valence-corrected chi connectivity index (χ0v) is 6.89. The fraction of sp³-hybridized carbons (Fsp3) is 0.333. The third-order valence-corrected chi connectivity index (χ3v) is 2.22. The number of rotatable bonds is 2. The summed E-state index contributed by atoms with van der Waals surface area (Å²) in [5, 5.41) is 4.73. The van der Waals surface area contributed by atoms with E-state index in [9.17, 15) is 8.42 Å². The lowest BCUT2D eigenvalue weighted by molar-refractivity contribution is 0.445. The van der Waals surface area contributed by atoms with E-state index in [2.05, 4.69) is 0 Å². The predicted molar refractivity (Wildman–Crippen MR) is 39.5 cm³/mol. The van der Waals surface area contributed by atoms with Crippen molar-refractivity contribution >= 4 is 10.0 Å². The minimum absolute atomic E-state index is 0.125. The highest BCUT2D eigenvalue weighted by Gasteiger charge is 2.15. The molecule has 0 aliphatic carbocycles. The number of furan rings is 1. The molecule has 2 N–H and O–H groups in total. The first-order valence-corrected chi connectivity index (χ1v) is 4.69. The second-order valence-electron chi connectivity index (χ2n) is 2.13. The van der Waals surface area contributed by atoms with Crippen molar-refractivity contribution in [3.63, 3.8) is 0 Å². The maximum atomic E-state index is 10.8. The van der Waals surface area contributed by atoms with Gasteiger partial charge in [0.2, 0.25) is 5.09 Å². The Morgan fingerprint density at radius 3 is 2.64 bits per heavy atom. The normalized spacial score (nSPS) is 11.8. The lowest BCUT2D eigenvalue weighted by atomic mass is 10.3. The molecule has 1 rings (SSSR count). The molecule has 4 nitrogen and oxygen atoms in total. The molecule has 0 saturated heterocycles. The van der Waals surface area contributed by atoms with Crippen molar-refractivity contribution in [3.8, 4) is 0 Å². The quantitative estimate of drug-likeness (QED) is 0.710. The second-order valence-corrected chi connectivity index (χ2v) is 3.59. The smallest absolute Gasteiger partial charge is 0.271 e. The monoisotopic (exact) mass is 175 g/mol. The highest BCUT2D eigenvalue weighted by molar-refractivity contribution is 7.89. The van der Waals surface area contributed by atoms with Crippen LogP contribution in [-0.4, -0.2) is 8.42 Å². The van der Waals surface area contributed by atoms with Crippen molar-refractivity contribution in [3.05, 3.63) is 17.9 Å². The number of hydrogen-bond donors (Lipinski definition) is 1. The Morgan fingerprint density at radius 2 is 2.27 bits per heavy atom. The van der Waals surface area contributed by atoms with Crippen LogP contribution >= 0.6 is 0 Å². The van der Waals surface area contributed by atoms with Gasteiger partial charge in [0, 0.05) is 5.56 Å². The van der Waals surface area contributed by atoms with Gasteiger partial charge < -0.3 is 4.42 Å². The van der Waals surface area contributed by atoms with Gasteiger partial charge in [-0.3, -0.25) is 0 Å². The van der Waals surface area contributed by atoms with Gasteiger partial charge in [-0.25, -0.2) is 13.6 Å². The molecule has 0 fully saturated rings. The number of nitrogens with two attached hydrogens (primary N) is 1. The summed E-state index contributed by atoms with van der Waals surface area (Å²) in [5.74, 6) is 0. The Morgan fingerprint density at radius 1 is 1.64 bits per heavy atom. The van der Waals surface area contributed by atoms with E-state index in [0.717, 1.165) is 0 Å². The van der Waals surface area contributed by atoms with Crippen molar-refractivity contribution in [1.29, 1.82) is 0 Å². The van der Waals surface area contributed by atoms with Crippen LogP contribution in [0.4, 0.5) is 0 Å². The lowest BCUT2D eigenvalue weighted by Gasteiger charge is -1.94. The molecular weight excluding hydrogens is 166 g/mol. The summed E-state index contributed by atoms with van der Waals surface area (Å²) >= 11 is 0. The molecule has 0 bridgehead atoms. The SMILES string of the molecule is CCc1ccoc1S(N)(=O)=O. The van der Waals surface area contributed by atoms with Gasteiger partial charge in [-0.05, 0) is 12.5 Å². The summed E-state index contributed by atoms with van der Waals surface area (Å²) in [4.78, 5) is 0. The van der Waals surface area contributed by atoms with Gasteiger partial charge in [0.25, 0.3) is 10.0 Å². The molecule has 0 aliphatic heterocycles. The first-order chi connectivity index (χ1) is 5.05. The van der Waals surface area contributed by atoms with Crippen LogP contribution in [0.3, 0.4) is 0 Å². The average molecular weight is 175 g/mol. The highest BCUT2D eigenvalue weighted by atomic mass is 32.2. The van der Waals surface area contributed by atoms with Gasteiger partial charge in [-0.15, -0.1) is 0 Å². The highest BCUT2D eigenvalue weighted by Crippen LogP contribution is 2.14. The van der Waals surface area contributed by atoms with Crippen LogP contribution < -0.4 is 5.14 Å². The fourth-order valence-electron chi connectivity index (χ4n) is 0.834. The van der Waals surface area contributed by atoms with Crippen molar-refractivity contribution in [2.24, 2.45) is 5.14 Å². The second kappa shape index (κ2) is 2.67. The minimum atomic E-state index is -3.67. The van der Waals surface area contributed by atoms with E-state index in [-0.39, 0.29) is 5.09 Å². The van der Waals surface area contributed by atoms with Crippen LogP contribution in [0, 0.1) is 0 Å². The van der Waals surface area contributed by atoms with E-state index in [1.807, 2.05) is 6.92 Å². The van der Waals surface area contributed by atoms with Crippen LogP contribution in [0.5, 0.6) is 0 Å². The zero-order chi connectivity index (χ0) is 8.48. The van der Waals surface area contributed by atoms with Crippen molar-refractivity contribution < 1.29 is 12.8 Å². The molecule has 1 aromatic rings. The summed E-state index contributed by atoms with van der Waals surface area (Å²) in [7, 11) is -3.67. The summed E-state index contributed by atoms with van der Waals surface area (Å²) < 4.78 is 26.2. The zero-order valence-electron chi connectivity index (χ0n) is 6.07. The molecular formula is C6H9NO3S. The van der Waals surface area contributed by atoms with Crippen molar-refractivity contribution in [1.82, 2.24) is 0 Å². The standard InChI is InChI=1S/C6H9NO3S/c1-2-5-3-4-10-6(5)11(7,8)9/h3-4H,2H2,1H3,(H2,7,8,9). The molecule has 0 spiro atoms. The molecule has 0 aliphatic rings. The molecule has 0 saturated carbocycles. The van der Waals surface area contributed by atoms with E-state index in [1.165, 1.54) is 6.26 Å². The van der Waals surface area contributed by atoms with Crippen LogP contribution in [0.1, 0.15) is 12.5 Å². The first kappa shape index (κ1) is 8.29. The summed E-state index contributed by atoms with van der Waals surface area (Å²) in [6.45, 7) is 1.83. The molecule has 0 radical (unpaired) electrons. The van der Waals surface area contributed by atoms with Crippen LogP contribution in [-0.2, 0) is 16.4 Å². The first-order valence-electron chi connectivity index (χ1n) is 3.15. The molecule has 1 heterocycles. The number of primary sulfonamides is 1. The molecule has 0 atom stereocenters. The number of aryl methyl sites for hydroxylation is 1. The summed E-state index contributed by atoms with van der Waals surface area (Å²) in [5.41, 5.74) is 0.618. The largest absolute Gasteiger partial charge is 0.451 e. The van der Waals surface area contributed by atoms with Gasteiger partial charge in [-0.2, -0.15) is 0 Å². The number of hydrogen-bond acceptors (Lipinski definition) is 3. The molecule has 0 aromatic carbocycles. The van der Waals surface area contributed by atoms with Gasteiger partial charge >= 0.3 is 0 Å². The average Bonchev–Trinajstić information content (AvgIpc) is 2.31. The number of sulfonamides is 1. The Balaban J connectivity index is 3.24. The topological polar surface area (TPSA) is 73.3 Å². The van der Waals surface area contributed by atoms with E-state index >= 15 is 0 Å². The Bertz CT molecular complexity index is 338. The predicted octanol–water partition coefficient (Wildman–Crippen LogP) is 0.489. The molecule has 1 aromatic heterocycles. The third kappa shape index (κ3) is 1.61. The van der Waals surface area contributed by atoms with E-state index in [4.69, 9.17) is 9.56 Å². The van der Waals surface area contributed by atoms with Crippen LogP contribution in [0.15, 0.2) is 21.8 Å². The minimum Gasteiger partial charge on any atom is -0.451 e. The summed E-state index contributed by atoms with van der Waals surface area (Å²) in [6, 6.07) is 1.60. The molecule has 11 heavy (non-hydrogen) atoms. The van der Waals surface area contributed by atoms with Gasteiger partial charge in [0.1, 0.15) is 0 Å². The Kier molecular flexibility index (Phi) is 2.01. The maximum Gasteiger partial charge on any atom is 0.271 e. The molecule has 0 amide bonds. The Labute approximate surface area is 65.1 Å². The lowest BCUT2D eigenvalue weighted by Crippen LogP contribution is -2.12. The van der Waals surface area contributed by atoms with E-state index in [1.54, 1.807) is 6.07 Å². The maximum absolute atomic E-state index is 10.8. The van der Waals surface area contributed by atoms with Crippen LogP contribution in [0.2, 0.25) is 0 Å². The fourth-order valence-corrected chi connectivity index (χ4v) is 1.60. The molecule has 0 unspecified atom stereocenters. The van der Waals surface area contributed by atoms with E-state index in [0.29, 0.717) is 12.0 Å². The van der Waals surface area contributed by atoms with Gasteiger partial charge in [0.05, 0.1) is 6.26 Å². The van der Waals surface area contributed by atoms with Gasteiger partial charge in [-0.1, -0.05) is 6.92 Å². The molecule has 62 valence electrons. The third-order valence-electron chi connectivity index (χ3n) is 1.35. The van der Waals surface area contributed by atoms with Crippen molar-refractivity contribution in [2.75, 3.05) is 0 Å².